The van der Waals surface area contributed by atoms with E-state index in [9.17, 15) is 15.0 Å². The molecule has 3 atom stereocenters. The van der Waals surface area contributed by atoms with Crippen LogP contribution in [0.1, 0.15) is 42.0 Å². The molecule has 6 heteroatoms. The van der Waals surface area contributed by atoms with Crippen molar-refractivity contribution in [3.8, 4) is 5.75 Å². The molecule has 0 fully saturated rings. The highest BCUT2D eigenvalue weighted by Crippen LogP contribution is 2.37. The SMILES string of the molecule is COc1ccc2c(C(C)C(=O)NN3C(O)c4ccccc4C3O)cccc2c1. The summed E-state index contributed by atoms with van der Waals surface area (Å²) in [7, 11) is 1.62. The Bertz CT molecular complexity index is 1010. The van der Waals surface area contributed by atoms with Gasteiger partial charge in [-0.15, -0.1) is 0 Å². The summed E-state index contributed by atoms with van der Waals surface area (Å²) in [6, 6.07) is 18.5. The molecule has 1 aliphatic rings. The molecule has 3 aromatic carbocycles. The number of aliphatic hydroxyl groups excluding tert-OH is 2. The first kappa shape index (κ1) is 18.4. The van der Waals surface area contributed by atoms with E-state index >= 15 is 0 Å². The van der Waals surface area contributed by atoms with Crippen LogP contribution in [0.15, 0.2) is 60.7 Å². The molecule has 1 amide bonds. The third-order valence-electron chi connectivity index (χ3n) is 5.30. The fourth-order valence-corrected chi connectivity index (χ4v) is 3.69. The third-order valence-corrected chi connectivity index (χ3v) is 5.30. The normalized spacial score (nSPS) is 20.0. The molecule has 0 bridgehead atoms. The largest absolute Gasteiger partial charge is 0.497 e. The lowest BCUT2D eigenvalue weighted by atomic mass is 9.94. The molecule has 4 rings (SSSR count). The predicted molar refractivity (Wildman–Crippen MR) is 105 cm³/mol. The number of aliphatic hydroxyl groups is 2. The van der Waals surface area contributed by atoms with Crippen LogP contribution in [0.5, 0.6) is 5.75 Å². The van der Waals surface area contributed by atoms with E-state index in [2.05, 4.69) is 5.43 Å². The second-order valence-corrected chi connectivity index (χ2v) is 6.92. The average Bonchev–Trinajstić information content (AvgIpc) is 2.97. The average molecular weight is 378 g/mol. The Kier molecular flexibility index (Phi) is 4.77. The molecule has 144 valence electrons. The molecule has 3 N–H and O–H groups in total. The van der Waals surface area contributed by atoms with Crippen molar-refractivity contribution >= 4 is 16.7 Å². The van der Waals surface area contributed by atoms with Gasteiger partial charge in [0.15, 0.2) is 12.5 Å². The number of nitrogens with one attached hydrogen (secondary N) is 1. The van der Waals surface area contributed by atoms with Crippen LogP contribution in [0.25, 0.3) is 10.8 Å². The summed E-state index contributed by atoms with van der Waals surface area (Å²) in [6.45, 7) is 1.80. The maximum absolute atomic E-state index is 12.9. The number of methoxy groups -OCH3 is 1. The minimum Gasteiger partial charge on any atom is -0.497 e. The van der Waals surface area contributed by atoms with Crippen molar-refractivity contribution in [3.05, 3.63) is 77.4 Å². The van der Waals surface area contributed by atoms with Crippen LogP contribution in [0.3, 0.4) is 0 Å². The molecular weight excluding hydrogens is 356 g/mol. The van der Waals surface area contributed by atoms with E-state index in [-0.39, 0.29) is 5.91 Å². The van der Waals surface area contributed by atoms with Gasteiger partial charge < -0.3 is 14.9 Å². The summed E-state index contributed by atoms with van der Waals surface area (Å²) < 4.78 is 5.27. The van der Waals surface area contributed by atoms with E-state index in [1.165, 1.54) is 5.01 Å². The van der Waals surface area contributed by atoms with Crippen LogP contribution in [0.2, 0.25) is 0 Å². The summed E-state index contributed by atoms with van der Waals surface area (Å²) in [6.07, 6.45) is -2.20. The zero-order valence-corrected chi connectivity index (χ0v) is 15.7. The first-order valence-electron chi connectivity index (χ1n) is 9.11. The number of fused-ring (bicyclic) bond motifs is 2. The first-order valence-corrected chi connectivity index (χ1v) is 9.11. The molecule has 3 aromatic rings. The number of carbonyl (C=O) groups excluding carboxylic acids is 1. The van der Waals surface area contributed by atoms with E-state index in [0.29, 0.717) is 11.1 Å². The third kappa shape index (κ3) is 3.01. The highest BCUT2D eigenvalue weighted by Gasteiger charge is 2.38. The Morgan fingerprint density at radius 2 is 1.71 bits per heavy atom. The maximum atomic E-state index is 12.9. The van der Waals surface area contributed by atoms with Crippen LogP contribution in [-0.2, 0) is 4.79 Å². The number of hydrogen-bond acceptors (Lipinski definition) is 5. The fourth-order valence-electron chi connectivity index (χ4n) is 3.69. The van der Waals surface area contributed by atoms with E-state index < -0.39 is 18.4 Å². The van der Waals surface area contributed by atoms with Gasteiger partial charge in [-0.25, -0.2) is 0 Å². The van der Waals surface area contributed by atoms with E-state index in [1.54, 1.807) is 38.3 Å². The van der Waals surface area contributed by atoms with E-state index in [1.807, 2.05) is 36.4 Å². The number of hydrogen-bond donors (Lipinski definition) is 3. The second kappa shape index (κ2) is 7.24. The van der Waals surface area contributed by atoms with Crippen LogP contribution < -0.4 is 10.2 Å². The minimum atomic E-state index is -1.10. The number of ether oxygens (including phenoxy) is 1. The first-order chi connectivity index (χ1) is 13.5. The molecular formula is C22H22N2O4. The van der Waals surface area contributed by atoms with Gasteiger partial charge in [0.25, 0.3) is 0 Å². The topological polar surface area (TPSA) is 82.0 Å². The monoisotopic (exact) mass is 378 g/mol. The van der Waals surface area contributed by atoms with Crippen LogP contribution in [0, 0.1) is 0 Å². The van der Waals surface area contributed by atoms with Crippen molar-refractivity contribution in [1.29, 1.82) is 0 Å². The fraction of sp³-hybridized carbons (Fsp3) is 0.227. The van der Waals surface area contributed by atoms with E-state index in [0.717, 1.165) is 22.1 Å². The van der Waals surface area contributed by atoms with Crippen LogP contribution >= 0.6 is 0 Å². The van der Waals surface area contributed by atoms with Crippen molar-refractivity contribution in [3.63, 3.8) is 0 Å². The van der Waals surface area contributed by atoms with Gasteiger partial charge in [-0.05, 0) is 35.4 Å². The molecule has 0 aromatic heterocycles. The van der Waals surface area contributed by atoms with Gasteiger partial charge in [0, 0.05) is 11.1 Å². The summed E-state index contributed by atoms with van der Waals surface area (Å²) >= 11 is 0. The minimum absolute atomic E-state index is 0.311. The molecule has 0 saturated heterocycles. The zero-order valence-electron chi connectivity index (χ0n) is 15.7. The van der Waals surface area contributed by atoms with Crippen molar-refractivity contribution in [1.82, 2.24) is 10.4 Å². The summed E-state index contributed by atoms with van der Waals surface area (Å²) in [5.41, 5.74) is 4.71. The highest BCUT2D eigenvalue weighted by atomic mass is 16.5. The molecule has 0 aliphatic carbocycles. The van der Waals surface area contributed by atoms with Crippen LogP contribution in [0.4, 0.5) is 0 Å². The summed E-state index contributed by atoms with van der Waals surface area (Å²) in [4.78, 5) is 12.9. The summed E-state index contributed by atoms with van der Waals surface area (Å²) in [5, 5.41) is 24.1. The smallest absolute Gasteiger partial charge is 0.241 e. The lowest BCUT2D eigenvalue weighted by Gasteiger charge is -2.26. The van der Waals surface area contributed by atoms with Gasteiger partial charge >= 0.3 is 0 Å². The van der Waals surface area contributed by atoms with Crippen molar-refractivity contribution in [2.45, 2.75) is 25.3 Å². The van der Waals surface area contributed by atoms with Crippen LogP contribution in [-0.4, -0.2) is 28.2 Å². The molecule has 6 nitrogen and oxygen atoms in total. The molecule has 0 saturated carbocycles. The Hall–Kier alpha value is -2.93. The Morgan fingerprint density at radius 1 is 1.04 bits per heavy atom. The number of rotatable bonds is 4. The standard InChI is InChI=1S/C22H22N2O4/c1-13(16-9-5-6-14-12-15(28-2)10-11-17(14)16)20(25)23-24-21(26)18-7-3-4-8-19(18)22(24)27/h3-13,21-22,26-27H,1-2H3,(H,23,25). The molecule has 1 heterocycles. The molecule has 1 aliphatic heterocycles. The maximum Gasteiger partial charge on any atom is 0.241 e. The van der Waals surface area contributed by atoms with Gasteiger partial charge in [0.2, 0.25) is 5.91 Å². The van der Waals surface area contributed by atoms with Gasteiger partial charge in [-0.1, -0.05) is 48.5 Å². The van der Waals surface area contributed by atoms with Gasteiger partial charge in [-0.2, -0.15) is 5.01 Å². The molecule has 0 spiro atoms. The highest BCUT2D eigenvalue weighted by molar-refractivity contribution is 5.93. The molecule has 28 heavy (non-hydrogen) atoms. The number of amides is 1. The van der Waals surface area contributed by atoms with Gasteiger partial charge in [-0.3, -0.25) is 10.2 Å². The zero-order chi connectivity index (χ0) is 19.8. The second-order valence-electron chi connectivity index (χ2n) is 6.92. The quantitative estimate of drug-likeness (QED) is 0.650. The summed E-state index contributed by atoms with van der Waals surface area (Å²) in [5.74, 6) is -0.0442. The van der Waals surface area contributed by atoms with Crippen molar-refractivity contribution < 1.29 is 19.7 Å². The molecule has 3 unspecified atom stereocenters. The predicted octanol–water partition coefficient (Wildman–Crippen LogP) is 2.98. The Balaban J connectivity index is 1.59. The molecule has 0 radical (unpaired) electrons. The number of benzene rings is 3. The van der Waals surface area contributed by atoms with Crippen molar-refractivity contribution in [2.24, 2.45) is 0 Å². The number of nitrogens with zero attached hydrogens (tertiary/aromatic N) is 1. The van der Waals surface area contributed by atoms with E-state index in [4.69, 9.17) is 4.74 Å². The Morgan fingerprint density at radius 3 is 2.36 bits per heavy atom. The lowest BCUT2D eigenvalue weighted by molar-refractivity contribution is -0.150. The number of hydrazine groups is 1. The number of carbonyl (C=O) groups is 1. The van der Waals surface area contributed by atoms with Gasteiger partial charge in [0.05, 0.1) is 13.0 Å². The van der Waals surface area contributed by atoms with Gasteiger partial charge in [0.1, 0.15) is 5.75 Å². The lowest BCUT2D eigenvalue weighted by Crippen LogP contribution is -2.44. The van der Waals surface area contributed by atoms with Crippen molar-refractivity contribution in [2.75, 3.05) is 7.11 Å². The Labute approximate surface area is 162 Å².